The smallest absolute Gasteiger partial charge is 0.0469 e. The summed E-state index contributed by atoms with van der Waals surface area (Å²) in [6.07, 6.45) is 5.41. The topological polar surface area (TPSA) is 24.5 Å². The number of hydrogen-bond acceptors (Lipinski definition) is 3. The van der Waals surface area contributed by atoms with Crippen molar-refractivity contribution < 1.29 is 4.74 Å². The van der Waals surface area contributed by atoms with E-state index in [1.165, 1.54) is 45.3 Å². The number of rotatable bonds is 3. The van der Waals surface area contributed by atoms with Gasteiger partial charge in [-0.2, -0.15) is 0 Å². The Hall–Kier alpha value is -0.120. The SMILES string of the molecule is CC(C)(C)C1CNC(C2CC2)CN1CC1CCOCC1. The lowest BCUT2D eigenvalue weighted by Crippen LogP contribution is -2.62. The van der Waals surface area contributed by atoms with Crippen molar-refractivity contribution in [2.45, 2.75) is 58.5 Å². The Morgan fingerprint density at radius 2 is 1.80 bits per heavy atom. The molecule has 1 N–H and O–H groups in total. The summed E-state index contributed by atoms with van der Waals surface area (Å²) >= 11 is 0. The van der Waals surface area contributed by atoms with Gasteiger partial charge in [0, 0.05) is 44.9 Å². The molecule has 0 aromatic heterocycles. The van der Waals surface area contributed by atoms with E-state index in [0.29, 0.717) is 11.5 Å². The van der Waals surface area contributed by atoms with Crippen molar-refractivity contribution in [3.05, 3.63) is 0 Å². The Bertz CT molecular complexity index is 315. The van der Waals surface area contributed by atoms with E-state index < -0.39 is 0 Å². The Balaban J connectivity index is 1.63. The summed E-state index contributed by atoms with van der Waals surface area (Å²) in [5.41, 5.74) is 0.368. The fourth-order valence-electron chi connectivity index (χ4n) is 3.97. The molecule has 0 aromatic rings. The van der Waals surface area contributed by atoms with E-state index in [2.05, 4.69) is 31.0 Å². The zero-order valence-corrected chi connectivity index (χ0v) is 13.5. The van der Waals surface area contributed by atoms with Crippen LogP contribution in [0.5, 0.6) is 0 Å². The molecule has 3 rings (SSSR count). The summed E-state index contributed by atoms with van der Waals surface area (Å²) < 4.78 is 5.52. The summed E-state index contributed by atoms with van der Waals surface area (Å²) in [5.74, 6) is 1.82. The molecule has 3 nitrogen and oxygen atoms in total. The molecule has 0 amide bonds. The zero-order valence-electron chi connectivity index (χ0n) is 13.5. The minimum absolute atomic E-state index is 0.368. The van der Waals surface area contributed by atoms with Gasteiger partial charge in [-0.05, 0) is 42.9 Å². The second kappa shape index (κ2) is 5.94. The van der Waals surface area contributed by atoms with Gasteiger partial charge in [-0.15, -0.1) is 0 Å². The van der Waals surface area contributed by atoms with Gasteiger partial charge in [0.2, 0.25) is 0 Å². The highest BCUT2D eigenvalue weighted by atomic mass is 16.5. The molecule has 116 valence electrons. The third-order valence-corrected chi connectivity index (χ3v) is 5.47. The van der Waals surface area contributed by atoms with E-state index >= 15 is 0 Å². The molecule has 2 atom stereocenters. The van der Waals surface area contributed by atoms with Crippen LogP contribution in [0, 0.1) is 17.3 Å². The fraction of sp³-hybridized carbons (Fsp3) is 1.00. The molecule has 2 saturated heterocycles. The predicted octanol–water partition coefficient (Wildman–Crippen LogP) is 2.51. The van der Waals surface area contributed by atoms with Gasteiger partial charge in [-0.25, -0.2) is 0 Å². The average Bonchev–Trinajstić information content (AvgIpc) is 3.23. The summed E-state index contributed by atoms with van der Waals surface area (Å²) in [7, 11) is 0. The van der Waals surface area contributed by atoms with Gasteiger partial charge in [0.25, 0.3) is 0 Å². The van der Waals surface area contributed by atoms with Crippen LogP contribution in [0.4, 0.5) is 0 Å². The Morgan fingerprint density at radius 3 is 2.40 bits per heavy atom. The molecule has 1 saturated carbocycles. The molecule has 3 fully saturated rings. The first-order chi connectivity index (χ1) is 9.54. The third-order valence-electron chi connectivity index (χ3n) is 5.47. The zero-order chi connectivity index (χ0) is 14.2. The first-order valence-corrected chi connectivity index (χ1v) is 8.59. The van der Waals surface area contributed by atoms with Crippen molar-refractivity contribution in [3.63, 3.8) is 0 Å². The van der Waals surface area contributed by atoms with Crippen LogP contribution < -0.4 is 5.32 Å². The maximum Gasteiger partial charge on any atom is 0.0469 e. The van der Waals surface area contributed by atoms with Crippen molar-refractivity contribution in [2.24, 2.45) is 17.3 Å². The van der Waals surface area contributed by atoms with Gasteiger partial charge >= 0.3 is 0 Å². The maximum atomic E-state index is 5.52. The van der Waals surface area contributed by atoms with Gasteiger partial charge in [0.05, 0.1) is 0 Å². The van der Waals surface area contributed by atoms with E-state index in [9.17, 15) is 0 Å². The van der Waals surface area contributed by atoms with E-state index in [0.717, 1.165) is 31.1 Å². The van der Waals surface area contributed by atoms with Crippen LogP contribution in [0.15, 0.2) is 0 Å². The normalized spacial score (nSPS) is 34.4. The van der Waals surface area contributed by atoms with Gasteiger partial charge < -0.3 is 10.1 Å². The lowest BCUT2D eigenvalue weighted by atomic mass is 9.82. The summed E-state index contributed by atoms with van der Waals surface area (Å²) in [5, 5.41) is 3.84. The van der Waals surface area contributed by atoms with Crippen LogP contribution in [0.1, 0.15) is 46.5 Å². The number of ether oxygens (including phenoxy) is 1. The lowest BCUT2D eigenvalue weighted by Gasteiger charge is -2.48. The Kier molecular flexibility index (Phi) is 4.40. The molecule has 3 aliphatic rings. The number of hydrogen-bond donors (Lipinski definition) is 1. The second-order valence-corrected chi connectivity index (χ2v) is 8.24. The van der Waals surface area contributed by atoms with Crippen LogP contribution in [0.3, 0.4) is 0 Å². The van der Waals surface area contributed by atoms with Crippen LogP contribution in [-0.2, 0) is 4.74 Å². The van der Waals surface area contributed by atoms with Crippen molar-refractivity contribution in [1.82, 2.24) is 10.2 Å². The molecule has 20 heavy (non-hydrogen) atoms. The van der Waals surface area contributed by atoms with Gasteiger partial charge in [0.15, 0.2) is 0 Å². The van der Waals surface area contributed by atoms with Crippen molar-refractivity contribution in [2.75, 3.05) is 32.8 Å². The number of piperazine rings is 1. The van der Waals surface area contributed by atoms with Crippen molar-refractivity contribution in [1.29, 1.82) is 0 Å². The largest absolute Gasteiger partial charge is 0.381 e. The fourth-order valence-corrected chi connectivity index (χ4v) is 3.97. The second-order valence-electron chi connectivity index (χ2n) is 8.24. The van der Waals surface area contributed by atoms with Crippen molar-refractivity contribution in [3.8, 4) is 0 Å². The van der Waals surface area contributed by atoms with E-state index in [1.807, 2.05) is 0 Å². The summed E-state index contributed by atoms with van der Waals surface area (Å²) in [6.45, 7) is 12.9. The third kappa shape index (κ3) is 3.55. The quantitative estimate of drug-likeness (QED) is 0.860. The number of nitrogens with zero attached hydrogens (tertiary/aromatic N) is 1. The minimum Gasteiger partial charge on any atom is -0.381 e. The highest BCUT2D eigenvalue weighted by Crippen LogP contribution is 2.36. The molecule has 0 radical (unpaired) electrons. The van der Waals surface area contributed by atoms with Crippen LogP contribution in [-0.4, -0.2) is 49.8 Å². The first-order valence-electron chi connectivity index (χ1n) is 8.59. The molecule has 2 aliphatic heterocycles. The summed E-state index contributed by atoms with van der Waals surface area (Å²) in [4.78, 5) is 2.81. The Morgan fingerprint density at radius 1 is 1.10 bits per heavy atom. The van der Waals surface area contributed by atoms with Crippen molar-refractivity contribution >= 4 is 0 Å². The predicted molar refractivity (Wildman–Crippen MR) is 82.9 cm³/mol. The molecule has 2 unspecified atom stereocenters. The average molecular weight is 280 g/mol. The Labute approximate surface area is 124 Å². The lowest BCUT2D eigenvalue weighted by molar-refractivity contribution is 0.00847. The van der Waals surface area contributed by atoms with Crippen LogP contribution in [0.25, 0.3) is 0 Å². The van der Waals surface area contributed by atoms with E-state index in [4.69, 9.17) is 4.74 Å². The maximum absolute atomic E-state index is 5.52. The minimum atomic E-state index is 0.368. The monoisotopic (exact) mass is 280 g/mol. The van der Waals surface area contributed by atoms with Gasteiger partial charge in [0.1, 0.15) is 0 Å². The molecule has 2 heterocycles. The molecular weight excluding hydrogens is 248 g/mol. The number of nitrogens with one attached hydrogen (secondary N) is 1. The standard InChI is InChI=1S/C17H32N2O/c1-17(2,3)16-10-18-15(14-4-5-14)12-19(16)11-13-6-8-20-9-7-13/h13-16,18H,4-12H2,1-3H3. The molecule has 0 bridgehead atoms. The van der Waals surface area contributed by atoms with Gasteiger partial charge in [-0.1, -0.05) is 20.8 Å². The highest BCUT2D eigenvalue weighted by Gasteiger charge is 2.41. The van der Waals surface area contributed by atoms with Crippen LogP contribution in [0.2, 0.25) is 0 Å². The summed E-state index contributed by atoms with van der Waals surface area (Å²) in [6, 6.07) is 1.44. The first kappa shape index (κ1) is 14.8. The molecule has 3 heteroatoms. The molecular formula is C17H32N2O. The molecule has 0 spiro atoms. The molecule has 1 aliphatic carbocycles. The van der Waals surface area contributed by atoms with Crippen LogP contribution >= 0.6 is 0 Å². The van der Waals surface area contributed by atoms with E-state index in [-0.39, 0.29) is 0 Å². The van der Waals surface area contributed by atoms with E-state index in [1.54, 1.807) is 0 Å². The van der Waals surface area contributed by atoms with Gasteiger partial charge in [-0.3, -0.25) is 4.90 Å². The highest BCUT2D eigenvalue weighted by molar-refractivity contribution is 4.98. The molecule has 0 aromatic carbocycles.